The lowest BCUT2D eigenvalue weighted by molar-refractivity contribution is -0.117. The van der Waals surface area contributed by atoms with E-state index in [0.717, 1.165) is 6.42 Å². The fraction of sp³-hybridized carbons (Fsp3) is 0.364. The molecule has 1 saturated carbocycles. The Labute approximate surface area is 184 Å². The van der Waals surface area contributed by atoms with Gasteiger partial charge in [-0.2, -0.15) is 4.80 Å². The van der Waals surface area contributed by atoms with Crippen molar-refractivity contribution in [2.24, 2.45) is 5.92 Å². The standard InChI is InChI=1S/C22H23FN6O3/c1-13-7-16(21-26-28-29(27-21)12-15-3-5-17(30)8-15)10-19(25-13)22(31)24-11-14-4-6-18(23)20(9-14)32-2/h4,6-7,9-10,15H,3,5,8,11-12H2,1-2H3,(H,24,31). The molecule has 0 aliphatic heterocycles. The van der Waals surface area contributed by atoms with Gasteiger partial charge >= 0.3 is 0 Å². The Morgan fingerprint density at radius 1 is 1.31 bits per heavy atom. The minimum atomic E-state index is -0.465. The average Bonchev–Trinajstić information content (AvgIpc) is 3.41. The molecule has 2 aromatic heterocycles. The number of pyridine rings is 1. The number of methoxy groups -OCH3 is 1. The van der Waals surface area contributed by atoms with E-state index in [1.807, 2.05) is 0 Å². The number of aryl methyl sites for hydroxylation is 1. The number of nitrogens with one attached hydrogen (secondary N) is 1. The molecule has 3 aromatic rings. The maximum atomic E-state index is 13.6. The summed E-state index contributed by atoms with van der Waals surface area (Å²) in [6.45, 7) is 2.51. The Morgan fingerprint density at radius 2 is 2.16 bits per heavy atom. The number of rotatable bonds is 7. The monoisotopic (exact) mass is 438 g/mol. The summed E-state index contributed by atoms with van der Waals surface area (Å²) >= 11 is 0. The number of hydrogen-bond acceptors (Lipinski definition) is 7. The predicted octanol–water partition coefficient (Wildman–Crippen LogP) is 2.49. The fourth-order valence-corrected chi connectivity index (χ4v) is 3.72. The van der Waals surface area contributed by atoms with Crippen molar-refractivity contribution in [3.63, 3.8) is 0 Å². The first-order valence-corrected chi connectivity index (χ1v) is 10.3. The van der Waals surface area contributed by atoms with Gasteiger partial charge in [-0.15, -0.1) is 10.2 Å². The second kappa shape index (κ2) is 9.21. The van der Waals surface area contributed by atoms with E-state index in [1.165, 1.54) is 24.0 Å². The van der Waals surface area contributed by atoms with Gasteiger partial charge in [0.2, 0.25) is 5.82 Å². The number of carbonyl (C=O) groups excluding carboxylic acids is 2. The van der Waals surface area contributed by atoms with Crippen LogP contribution in [0.25, 0.3) is 11.4 Å². The van der Waals surface area contributed by atoms with Crippen LogP contribution in [0.1, 0.15) is 41.0 Å². The van der Waals surface area contributed by atoms with Gasteiger partial charge in [0.15, 0.2) is 11.6 Å². The number of ketones is 1. The number of ether oxygens (including phenoxy) is 1. The number of tetrazole rings is 1. The predicted molar refractivity (Wildman–Crippen MR) is 112 cm³/mol. The molecule has 32 heavy (non-hydrogen) atoms. The van der Waals surface area contributed by atoms with Crippen LogP contribution in [-0.4, -0.2) is 44.0 Å². The van der Waals surface area contributed by atoms with Gasteiger partial charge in [0.25, 0.3) is 5.91 Å². The van der Waals surface area contributed by atoms with Gasteiger partial charge in [0.05, 0.1) is 13.7 Å². The molecule has 1 aliphatic rings. The maximum absolute atomic E-state index is 13.6. The van der Waals surface area contributed by atoms with Crippen molar-refractivity contribution >= 4 is 11.7 Å². The minimum Gasteiger partial charge on any atom is -0.494 e. The van der Waals surface area contributed by atoms with Crippen molar-refractivity contribution in [1.82, 2.24) is 30.5 Å². The number of nitrogens with zero attached hydrogens (tertiary/aromatic N) is 5. The van der Waals surface area contributed by atoms with Gasteiger partial charge in [-0.1, -0.05) is 6.07 Å². The molecule has 0 saturated heterocycles. The Morgan fingerprint density at radius 3 is 2.91 bits per heavy atom. The summed E-state index contributed by atoms with van der Waals surface area (Å²) in [7, 11) is 1.39. The van der Waals surface area contributed by atoms with Crippen molar-refractivity contribution in [3.05, 3.63) is 53.1 Å². The second-order valence-electron chi connectivity index (χ2n) is 7.85. The van der Waals surface area contributed by atoms with E-state index in [0.29, 0.717) is 42.0 Å². The Balaban J connectivity index is 1.45. The summed E-state index contributed by atoms with van der Waals surface area (Å²) in [6, 6.07) is 7.79. The zero-order valence-corrected chi connectivity index (χ0v) is 17.8. The first kappa shape index (κ1) is 21.5. The van der Waals surface area contributed by atoms with Crippen LogP contribution in [0, 0.1) is 18.7 Å². The first-order chi connectivity index (χ1) is 15.4. The quantitative estimate of drug-likeness (QED) is 0.603. The van der Waals surface area contributed by atoms with Crippen molar-refractivity contribution in [2.45, 2.75) is 39.3 Å². The topological polar surface area (TPSA) is 112 Å². The lowest BCUT2D eigenvalue weighted by atomic mass is 10.1. The van der Waals surface area contributed by atoms with Gasteiger partial charge in [0.1, 0.15) is 11.5 Å². The van der Waals surface area contributed by atoms with Gasteiger partial charge in [0, 0.05) is 30.6 Å². The smallest absolute Gasteiger partial charge is 0.270 e. The normalized spacial score (nSPS) is 15.7. The van der Waals surface area contributed by atoms with Gasteiger partial charge in [-0.3, -0.25) is 9.59 Å². The van der Waals surface area contributed by atoms with Gasteiger partial charge in [-0.05, 0) is 54.3 Å². The zero-order chi connectivity index (χ0) is 22.7. The molecule has 1 unspecified atom stereocenters. The Kier molecular flexibility index (Phi) is 6.20. The highest BCUT2D eigenvalue weighted by Gasteiger charge is 2.23. The highest BCUT2D eigenvalue weighted by Crippen LogP contribution is 2.23. The fourth-order valence-electron chi connectivity index (χ4n) is 3.72. The largest absolute Gasteiger partial charge is 0.494 e. The summed E-state index contributed by atoms with van der Waals surface area (Å²) < 4.78 is 18.5. The van der Waals surface area contributed by atoms with Gasteiger partial charge < -0.3 is 10.1 Å². The van der Waals surface area contributed by atoms with Crippen molar-refractivity contribution in [1.29, 1.82) is 0 Å². The minimum absolute atomic E-state index is 0.115. The molecule has 4 rings (SSSR count). The highest BCUT2D eigenvalue weighted by atomic mass is 19.1. The van der Waals surface area contributed by atoms with E-state index < -0.39 is 5.82 Å². The number of carbonyl (C=O) groups is 2. The Hall–Kier alpha value is -3.69. The molecular weight excluding hydrogens is 415 g/mol. The molecule has 10 heteroatoms. The maximum Gasteiger partial charge on any atom is 0.270 e. The van der Waals surface area contributed by atoms with Gasteiger partial charge in [-0.25, -0.2) is 9.37 Å². The number of benzene rings is 1. The van der Waals surface area contributed by atoms with Crippen LogP contribution in [-0.2, 0) is 17.9 Å². The number of halogens is 1. The summed E-state index contributed by atoms with van der Waals surface area (Å²) in [5.41, 5.74) is 2.17. The number of amides is 1. The van der Waals surface area contributed by atoms with Crippen LogP contribution < -0.4 is 10.1 Å². The summed E-state index contributed by atoms with van der Waals surface area (Å²) in [5.74, 6) is 0.161. The van der Waals surface area contributed by atoms with Crippen molar-refractivity contribution in [3.8, 4) is 17.1 Å². The molecule has 9 nitrogen and oxygen atoms in total. The second-order valence-corrected chi connectivity index (χ2v) is 7.85. The van der Waals surface area contributed by atoms with Crippen LogP contribution in [0.4, 0.5) is 4.39 Å². The molecule has 0 spiro atoms. The lowest BCUT2D eigenvalue weighted by Gasteiger charge is -2.08. The molecular formula is C22H23FN6O3. The first-order valence-electron chi connectivity index (χ1n) is 10.3. The van der Waals surface area contributed by atoms with E-state index in [-0.39, 0.29) is 35.6 Å². The number of Topliss-reactive ketones (excluding diaryl/α,β-unsaturated/α-hetero) is 1. The molecule has 1 aliphatic carbocycles. The lowest BCUT2D eigenvalue weighted by Crippen LogP contribution is -2.24. The van der Waals surface area contributed by atoms with E-state index in [9.17, 15) is 14.0 Å². The molecule has 0 bridgehead atoms. The molecule has 2 heterocycles. The SMILES string of the molecule is COc1cc(CNC(=O)c2cc(-c3nnn(CC4CCC(=O)C4)n3)cc(C)n2)ccc1F. The van der Waals surface area contributed by atoms with E-state index in [2.05, 4.69) is 25.7 Å². The number of aromatic nitrogens is 5. The van der Waals surface area contributed by atoms with Crippen LogP contribution in [0.15, 0.2) is 30.3 Å². The number of hydrogen-bond donors (Lipinski definition) is 1. The molecule has 166 valence electrons. The summed E-state index contributed by atoms with van der Waals surface area (Å²) in [4.78, 5) is 29.9. The third-order valence-electron chi connectivity index (χ3n) is 5.33. The molecule has 1 fully saturated rings. The van der Waals surface area contributed by atoms with Crippen LogP contribution >= 0.6 is 0 Å². The average molecular weight is 438 g/mol. The van der Waals surface area contributed by atoms with Crippen molar-refractivity contribution < 1.29 is 18.7 Å². The summed E-state index contributed by atoms with van der Waals surface area (Å²) in [5, 5.41) is 15.4. The third-order valence-corrected chi connectivity index (χ3v) is 5.33. The van der Waals surface area contributed by atoms with E-state index >= 15 is 0 Å². The van der Waals surface area contributed by atoms with Crippen molar-refractivity contribution in [2.75, 3.05) is 7.11 Å². The van der Waals surface area contributed by atoms with Crippen LogP contribution in [0.2, 0.25) is 0 Å². The third kappa shape index (κ3) is 4.96. The molecule has 1 N–H and O–H groups in total. The Bertz CT molecular complexity index is 1160. The van der Waals surface area contributed by atoms with Crippen LogP contribution in [0.3, 0.4) is 0 Å². The van der Waals surface area contributed by atoms with E-state index in [4.69, 9.17) is 4.74 Å². The molecule has 1 aromatic carbocycles. The molecule has 1 atom stereocenters. The zero-order valence-electron chi connectivity index (χ0n) is 17.8. The highest BCUT2D eigenvalue weighted by molar-refractivity contribution is 5.93. The molecule has 0 radical (unpaired) electrons. The van der Waals surface area contributed by atoms with Crippen LogP contribution in [0.5, 0.6) is 5.75 Å². The van der Waals surface area contributed by atoms with E-state index in [1.54, 1.807) is 25.1 Å². The molecule has 1 amide bonds. The summed E-state index contributed by atoms with van der Waals surface area (Å²) in [6.07, 6.45) is 2.00.